The third-order valence-electron chi connectivity index (χ3n) is 3.75. The topological polar surface area (TPSA) is 49.4 Å². The van der Waals surface area contributed by atoms with Gasteiger partial charge in [-0.15, -0.1) is 0 Å². The lowest BCUT2D eigenvalue weighted by molar-refractivity contribution is -0.116. The first kappa shape index (κ1) is 15.2. The number of hydrogen-bond donors (Lipinski definition) is 1. The zero-order chi connectivity index (χ0) is 16.4. The number of para-hydroxylation sites is 2. The van der Waals surface area contributed by atoms with Crippen molar-refractivity contribution < 1.29 is 14.0 Å². The van der Waals surface area contributed by atoms with Gasteiger partial charge in [0.15, 0.2) is 0 Å². The molecule has 3 rings (SSSR count). The molecule has 23 heavy (non-hydrogen) atoms. The molecule has 2 aromatic rings. The Morgan fingerprint density at radius 2 is 1.87 bits per heavy atom. The minimum absolute atomic E-state index is 0.0556. The molecule has 5 heteroatoms. The Balaban J connectivity index is 1.88. The Morgan fingerprint density at radius 1 is 1.13 bits per heavy atom. The third kappa shape index (κ3) is 3.39. The maximum atomic E-state index is 13.3. The molecule has 1 fully saturated rings. The van der Waals surface area contributed by atoms with E-state index in [0.717, 1.165) is 12.8 Å². The van der Waals surface area contributed by atoms with Gasteiger partial charge in [-0.2, -0.15) is 0 Å². The number of anilines is 2. The summed E-state index contributed by atoms with van der Waals surface area (Å²) in [5, 5.41) is 2.77. The summed E-state index contributed by atoms with van der Waals surface area (Å²) in [6, 6.07) is 12.9. The summed E-state index contributed by atoms with van der Waals surface area (Å²) in [5.74, 6) is -0.925. The monoisotopic (exact) mass is 312 g/mol. The summed E-state index contributed by atoms with van der Waals surface area (Å²) in [4.78, 5) is 26.0. The number of carbonyl (C=O) groups excluding carboxylic acids is 2. The maximum Gasteiger partial charge on any atom is 0.255 e. The Morgan fingerprint density at radius 3 is 2.52 bits per heavy atom. The van der Waals surface area contributed by atoms with Gasteiger partial charge in [0.2, 0.25) is 5.91 Å². The van der Waals surface area contributed by atoms with Crippen molar-refractivity contribution in [2.24, 2.45) is 0 Å². The van der Waals surface area contributed by atoms with Crippen LogP contribution in [0.1, 0.15) is 30.1 Å². The van der Waals surface area contributed by atoms with Gasteiger partial charge in [-0.05, 0) is 43.2 Å². The highest BCUT2D eigenvalue weighted by molar-refractivity contribution is 6.07. The van der Waals surface area contributed by atoms with Crippen LogP contribution in [-0.4, -0.2) is 17.9 Å². The van der Waals surface area contributed by atoms with Crippen molar-refractivity contribution in [3.05, 3.63) is 59.9 Å². The van der Waals surface area contributed by atoms with Crippen LogP contribution in [0.15, 0.2) is 48.5 Å². The third-order valence-corrected chi connectivity index (χ3v) is 3.75. The standard InChI is InChI=1S/C18H17FN2O2/c1-12(22)21(15-9-10-15)17-8-3-2-7-16(17)20-18(23)13-5-4-6-14(19)11-13/h2-8,11,15H,9-10H2,1H3,(H,20,23). The Labute approximate surface area is 133 Å². The predicted molar refractivity (Wildman–Crippen MR) is 87.0 cm³/mol. The number of nitrogens with one attached hydrogen (secondary N) is 1. The molecular weight excluding hydrogens is 295 g/mol. The first-order valence-electron chi connectivity index (χ1n) is 7.52. The highest BCUT2D eigenvalue weighted by Crippen LogP contribution is 2.36. The molecule has 0 radical (unpaired) electrons. The second kappa shape index (κ2) is 6.20. The normalized spacial score (nSPS) is 13.5. The van der Waals surface area contributed by atoms with E-state index in [-0.39, 0.29) is 17.5 Å². The van der Waals surface area contributed by atoms with E-state index in [0.29, 0.717) is 11.4 Å². The molecule has 1 aliphatic carbocycles. The van der Waals surface area contributed by atoms with Crippen LogP contribution in [0.3, 0.4) is 0 Å². The summed E-state index contributed by atoms with van der Waals surface area (Å²) < 4.78 is 13.3. The Hall–Kier alpha value is -2.69. The fraction of sp³-hybridized carbons (Fsp3) is 0.222. The summed E-state index contributed by atoms with van der Waals surface area (Å²) >= 11 is 0. The molecule has 0 spiro atoms. The van der Waals surface area contributed by atoms with Crippen LogP contribution in [0.5, 0.6) is 0 Å². The first-order chi connectivity index (χ1) is 11.1. The lowest BCUT2D eigenvalue weighted by atomic mass is 10.2. The van der Waals surface area contributed by atoms with Crippen molar-refractivity contribution in [3.8, 4) is 0 Å². The highest BCUT2D eigenvalue weighted by atomic mass is 19.1. The van der Waals surface area contributed by atoms with E-state index >= 15 is 0 Å². The quantitative estimate of drug-likeness (QED) is 0.938. The largest absolute Gasteiger partial charge is 0.320 e. The molecule has 0 bridgehead atoms. The van der Waals surface area contributed by atoms with Crippen molar-refractivity contribution in [1.29, 1.82) is 0 Å². The second-order valence-corrected chi connectivity index (χ2v) is 5.60. The van der Waals surface area contributed by atoms with Crippen molar-refractivity contribution in [2.45, 2.75) is 25.8 Å². The molecular formula is C18H17FN2O2. The van der Waals surface area contributed by atoms with Crippen LogP contribution >= 0.6 is 0 Å². The maximum absolute atomic E-state index is 13.3. The molecule has 2 aromatic carbocycles. The highest BCUT2D eigenvalue weighted by Gasteiger charge is 2.33. The van der Waals surface area contributed by atoms with Crippen LogP contribution in [-0.2, 0) is 4.79 Å². The van der Waals surface area contributed by atoms with Gasteiger partial charge in [0.05, 0.1) is 11.4 Å². The van der Waals surface area contributed by atoms with Crippen molar-refractivity contribution in [2.75, 3.05) is 10.2 Å². The van der Waals surface area contributed by atoms with E-state index in [2.05, 4.69) is 5.32 Å². The van der Waals surface area contributed by atoms with Crippen molar-refractivity contribution in [1.82, 2.24) is 0 Å². The Kier molecular flexibility index (Phi) is 4.10. The van der Waals surface area contributed by atoms with Crippen molar-refractivity contribution >= 4 is 23.2 Å². The zero-order valence-corrected chi connectivity index (χ0v) is 12.8. The van der Waals surface area contributed by atoms with E-state index in [1.165, 1.54) is 25.1 Å². The number of benzene rings is 2. The average molecular weight is 312 g/mol. The molecule has 2 amide bonds. The minimum atomic E-state index is -0.464. The molecule has 0 unspecified atom stereocenters. The van der Waals surface area contributed by atoms with Gasteiger partial charge in [0.1, 0.15) is 5.82 Å². The average Bonchev–Trinajstić information content (AvgIpc) is 3.33. The molecule has 0 aromatic heterocycles. The second-order valence-electron chi connectivity index (χ2n) is 5.60. The van der Waals surface area contributed by atoms with Crippen LogP contribution in [0.2, 0.25) is 0 Å². The van der Waals surface area contributed by atoms with Crippen LogP contribution < -0.4 is 10.2 Å². The van der Waals surface area contributed by atoms with Gasteiger partial charge in [0, 0.05) is 18.5 Å². The van der Waals surface area contributed by atoms with E-state index in [1.54, 1.807) is 29.2 Å². The fourth-order valence-corrected chi connectivity index (χ4v) is 2.57. The number of amides is 2. The lowest BCUT2D eigenvalue weighted by Crippen LogP contribution is -2.31. The van der Waals surface area contributed by atoms with Crippen LogP contribution in [0.4, 0.5) is 15.8 Å². The van der Waals surface area contributed by atoms with Gasteiger partial charge < -0.3 is 10.2 Å². The van der Waals surface area contributed by atoms with Gasteiger partial charge in [-0.1, -0.05) is 18.2 Å². The van der Waals surface area contributed by atoms with Crippen LogP contribution in [0, 0.1) is 5.82 Å². The number of carbonyl (C=O) groups is 2. The molecule has 1 saturated carbocycles. The predicted octanol–water partition coefficient (Wildman–Crippen LogP) is 3.59. The summed E-state index contributed by atoms with van der Waals surface area (Å²) in [6.45, 7) is 1.52. The van der Waals surface area contributed by atoms with Gasteiger partial charge >= 0.3 is 0 Å². The Bertz CT molecular complexity index is 756. The zero-order valence-electron chi connectivity index (χ0n) is 12.8. The molecule has 0 saturated heterocycles. The molecule has 0 heterocycles. The summed E-state index contributed by atoms with van der Waals surface area (Å²) in [7, 11) is 0. The van der Waals surface area contributed by atoms with Crippen LogP contribution in [0.25, 0.3) is 0 Å². The number of rotatable bonds is 4. The molecule has 0 atom stereocenters. The van der Waals surface area contributed by atoms with E-state index in [9.17, 15) is 14.0 Å². The van der Waals surface area contributed by atoms with Gasteiger partial charge in [0.25, 0.3) is 5.91 Å². The molecule has 1 N–H and O–H groups in total. The molecule has 4 nitrogen and oxygen atoms in total. The number of nitrogens with zero attached hydrogens (tertiary/aromatic N) is 1. The fourth-order valence-electron chi connectivity index (χ4n) is 2.57. The first-order valence-corrected chi connectivity index (χ1v) is 7.52. The van der Waals surface area contributed by atoms with Crippen molar-refractivity contribution in [3.63, 3.8) is 0 Å². The number of hydrogen-bond acceptors (Lipinski definition) is 2. The summed E-state index contributed by atoms with van der Waals surface area (Å²) in [6.07, 6.45) is 1.93. The van der Waals surface area contributed by atoms with Gasteiger partial charge in [-0.3, -0.25) is 9.59 Å². The van der Waals surface area contributed by atoms with E-state index in [1.807, 2.05) is 6.07 Å². The number of halogens is 1. The van der Waals surface area contributed by atoms with E-state index in [4.69, 9.17) is 0 Å². The molecule has 1 aliphatic rings. The summed E-state index contributed by atoms with van der Waals surface area (Å²) in [5.41, 5.74) is 1.46. The minimum Gasteiger partial charge on any atom is -0.320 e. The molecule has 0 aliphatic heterocycles. The SMILES string of the molecule is CC(=O)N(c1ccccc1NC(=O)c1cccc(F)c1)C1CC1. The van der Waals surface area contributed by atoms with E-state index < -0.39 is 11.7 Å². The lowest BCUT2D eigenvalue weighted by Gasteiger charge is -2.23. The smallest absolute Gasteiger partial charge is 0.255 e. The molecule has 118 valence electrons. The van der Waals surface area contributed by atoms with Gasteiger partial charge in [-0.25, -0.2) is 4.39 Å².